The van der Waals surface area contributed by atoms with E-state index >= 15 is 0 Å². The van der Waals surface area contributed by atoms with E-state index in [-0.39, 0.29) is 0 Å². The SMILES string of the molecule is CCN1CCC(N(C)C(=O)CC2CSCCN2)CC1. The van der Waals surface area contributed by atoms with Gasteiger partial charge in [-0.05, 0) is 19.4 Å². The van der Waals surface area contributed by atoms with Gasteiger partial charge in [-0.25, -0.2) is 0 Å². The number of carbonyl (C=O) groups is 1. The second-order valence-electron chi connectivity index (χ2n) is 5.60. The van der Waals surface area contributed by atoms with Gasteiger partial charge >= 0.3 is 0 Å². The van der Waals surface area contributed by atoms with Crippen molar-refractivity contribution in [3.8, 4) is 0 Å². The molecular weight excluding hydrogens is 258 g/mol. The van der Waals surface area contributed by atoms with Gasteiger partial charge in [0, 0.05) is 56.7 Å². The standard InChI is InChI=1S/C14H27N3OS/c1-3-17-7-4-13(5-8-17)16(2)14(18)10-12-11-19-9-6-15-12/h12-13,15H,3-11H2,1-2H3. The third kappa shape index (κ3) is 4.36. The first-order valence-corrected chi connectivity index (χ1v) is 8.65. The van der Waals surface area contributed by atoms with E-state index in [0.717, 1.165) is 44.8 Å². The second kappa shape index (κ2) is 7.50. The van der Waals surface area contributed by atoms with Crippen molar-refractivity contribution in [1.82, 2.24) is 15.1 Å². The Morgan fingerprint density at radius 2 is 2.16 bits per heavy atom. The number of hydrogen-bond acceptors (Lipinski definition) is 4. The van der Waals surface area contributed by atoms with E-state index < -0.39 is 0 Å². The van der Waals surface area contributed by atoms with Gasteiger partial charge in [0.2, 0.25) is 5.91 Å². The minimum Gasteiger partial charge on any atom is -0.343 e. The van der Waals surface area contributed by atoms with E-state index in [1.807, 2.05) is 23.7 Å². The molecule has 0 aromatic heterocycles. The summed E-state index contributed by atoms with van der Waals surface area (Å²) < 4.78 is 0. The third-order valence-electron chi connectivity index (χ3n) is 4.36. The molecule has 0 radical (unpaired) electrons. The Hall–Kier alpha value is -0.260. The molecule has 2 fully saturated rings. The largest absolute Gasteiger partial charge is 0.343 e. The Morgan fingerprint density at radius 3 is 2.74 bits per heavy atom. The highest BCUT2D eigenvalue weighted by atomic mass is 32.2. The van der Waals surface area contributed by atoms with Gasteiger partial charge in [-0.15, -0.1) is 0 Å². The number of nitrogens with one attached hydrogen (secondary N) is 1. The Balaban J connectivity index is 1.75. The van der Waals surface area contributed by atoms with Gasteiger partial charge in [0.1, 0.15) is 0 Å². The molecule has 0 spiro atoms. The van der Waals surface area contributed by atoms with E-state index in [2.05, 4.69) is 17.1 Å². The zero-order valence-corrected chi connectivity index (χ0v) is 13.0. The second-order valence-corrected chi connectivity index (χ2v) is 6.75. The molecule has 1 amide bonds. The molecule has 0 aromatic carbocycles. The van der Waals surface area contributed by atoms with Gasteiger partial charge in [-0.3, -0.25) is 4.79 Å². The van der Waals surface area contributed by atoms with Crippen LogP contribution in [0.2, 0.25) is 0 Å². The van der Waals surface area contributed by atoms with E-state index in [0.29, 0.717) is 24.4 Å². The summed E-state index contributed by atoms with van der Waals surface area (Å²) in [5.41, 5.74) is 0. The molecule has 2 aliphatic heterocycles. The fraction of sp³-hybridized carbons (Fsp3) is 0.929. The molecule has 19 heavy (non-hydrogen) atoms. The van der Waals surface area contributed by atoms with Gasteiger partial charge in [-0.2, -0.15) is 11.8 Å². The van der Waals surface area contributed by atoms with Crippen LogP contribution in [0.3, 0.4) is 0 Å². The summed E-state index contributed by atoms with van der Waals surface area (Å²) in [4.78, 5) is 16.8. The van der Waals surface area contributed by atoms with Gasteiger partial charge in [0.15, 0.2) is 0 Å². The van der Waals surface area contributed by atoms with E-state index in [4.69, 9.17) is 0 Å². The number of rotatable bonds is 4. The Kier molecular flexibility index (Phi) is 5.98. The zero-order chi connectivity index (χ0) is 13.7. The Bertz CT molecular complexity index is 286. The summed E-state index contributed by atoms with van der Waals surface area (Å²) in [6.45, 7) is 6.66. The fourth-order valence-electron chi connectivity index (χ4n) is 2.93. The molecule has 2 heterocycles. The van der Waals surface area contributed by atoms with Gasteiger partial charge in [-0.1, -0.05) is 6.92 Å². The maximum atomic E-state index is 12.3. The van der Waals surface area contributed by atoms with Crippen LogP contribution in [0.4, 0.5) is 0 Å². The monoisotopic (exact) mass is 285 g/mol. The molecule has 0 bridgehead atoms. The molecule has 2 saturated heterocycles. The lowest BCUT2D eigenvalue weighted by Gasteiger charge is -2.37. The highest BCUT2D eigenvalue weighted by Gasteiger charge is 2.26. The number of nitrogens with zero attached hydrogens (tertiary/aromatic N) is 2. The van der Waals surface area contributed by atoms with Crippen molar-refractivity contribution in [2.45, 2.75) is 38.3 Å². The van der Waals surface area contributed by atoms with Crippen LogP contribution in [0.15, 0.2) is 0 Å². The van der Waals surface area contributed by atoms with Crippen LogP contribution in [0, 0.1) is 0 Å². The summed E-state index contributed by atoms with van der Waals surface area (Å²) in [5, 5.41) is 3.45. The number of hydrogen-bond donors (Lipinski definition) is 1. The molecular formula is C14H27N3OS. The van der Waals surface area contributed by atoms with Crippen molar-refractivity contribution in [2.24, 2.45) is 0 Å². The molecule has 4 nitrogen and oxygen atoms in total. The van der Waals surface area contributed by atoms with E-state index in [9.17, 15) is 4.79 Å². The Labute approximate surface area is 121 Å². The van der Waals surface area contributed by atoms with E-state index in [1.165, 1.54) is 5.75 Å². The van der Waals surface area contributed by atoms with Crippen molar-refractivity contribution in [2.75, 3.05) is 44.7 Å². The lowest BCUT2D eigenvalue weighted by molar-refractivity contribution is -0.133. The summed E-state index contributed by atoms with van der Waals surface area (Å²) in [6.07, 6.45) is 2.92. The minimum absolute atomic E-state index is 0.315. The molecule has 2 rings (SSSR count). The lowest BCUT2D eigenvalue weighted by Crippen LogP contribution is -2.48. The number of likely N-dealkylation sites (tertiary alicyclic amines) is 1. The van der Waals surface area contributed by atoms with Crippen molar-refractivity contribution in [1.29, 1.82) is 0 Å². The lowest BCUT2D eigenvalue weighted by atomic mass is 10.0. The van der Waals surface area contributed by atoms with Crippen LogP contribution in [-0.2, 0) is 4.79 Å². The van der Waals surface area contributed by atoms with Crippen LogP contribution in [0.1, 0.15) is 26.2 Å². The van der Waals surface area contributed by atoms with Gasteiger partial charge in [0.05, 0.1) is 0 Å². The quantitative estimate of drug-likeness (QED) is 0.837. The highest BCUT2D eigenvalue weighted by molar-refractivity contribution is 7.99. The van der Waals surface area contributed by atoms with Gasteiger partial charge < -0.3 is 15.1 Å². The first-order chi connectivity index (χ1) is 9.20. The number of amides is 1. The van der Waals surface area contributed by atoms with Crippen LogP contribution in [-0.4, -0.2) is 72.5 Å². The number of thioether (sulfide) groups is 1. The first kappa shape index (κ1) is 15.1. The molecule has 5 heteroatoms. The van der Waals surface area contributed by atoms with Gasteiger partial charge in [0.25, 0.3) is 0 Å². The summed E-state index contributed by atoms with van der Waals surface area (Å²) in [6, 6.07) is 0.830. The number of carbonyl (C=O) groups excluding carboxylic acids is 1. The summed E-state index contributed by atoms with van der Waals surface area (Å²) in [7, 11) is 1.99. The first-order valence-electron chi connectivity index (χ1n) is 7.50. The molecule has 1 unspecified atom stereocenters. The molecule has 110 valence electrons. The average molecular weight is 285 g/mol. The molecule has 0 aliphatic carbocycles. The Morgan fingerprint density at radius 1 is 1.42 bits per heavy atom. The predicted octanol–water partition coefficient (Wildman–Crippen LogP) is 1.02. The van der Waals surface area contributed by atoms with Crippen molar-refractivity contribution < 1.29 is 4.79 Å². The maximum Gasteiger partial charge on any atom is 0.224 e. The zero-order valence-electron chi connectivity index (χ0n) is 12.2. The van der Waals surface area contributed by atoms with Crippen molar-refractivity contribution in [3.05, 3.63) is 0 Å². The van der Waals surface area contributed by atoms with Crippen molar-refractivity contribution in [3.63, 3.8) is 0 Å². The smallest absolute Gasteiger partial charge is 0.224 e. The molecule has 0 saturated carbocycles. The van der Waals surface area contributed by atoms with Crippen LogP contribution >= 0.6 is 11.8 Å². The molecule has 0 aromatic rings. The minimum atomic E-state index is 0.315. The molecule has 2 aliphatic rings. The summed E-state index contributed by atoms with van der Waals surface area (Å²) in [5.74, 6) is 2.57. The van der Waals surface area contributed by atoms with Crippen LogP contribution in [0.5, 0.6) is 0 Å². The van der Waals surface area contributed by atoms with Crippen LogP contribution in [0.25, 0.3) is 0 Å². The predicted molar refractivity (Wildman–Crippen MR) is 81.6 cm³/mol. The summed E-state index contributed by atoms with van der Waals surface area (Å²) >= 11 is 1.96. The molecule has 1 N–H and O–H groups in total. The topological polar surface area (TPSA) is 35.6 Å². The third-order valence-corrected chi connectivity index (χ3v) is 5.50. The van der Waals surface area contributed by atoms with E-state index in [1.54, 1.807) is 0 Å². The average Bonchev–Trinajstić information content (AvgIpc) is 2.47. The maximum absolute atomic E-state index is 12.3. The normalized spacial score (nSPS) is 26.3. The number of piperidine rings is 1. The molecule has 1 atom stereocenters. The van der Waals surface area contributed by atoms with Crippen LogP contribution < -0.4 is 5.32 Å². The van der Waals surface area contributed by atoms with Crippen molar-refractivity contribution >= 4 is 17.7 Å². The highest BCUT2D eigenvalue weighted by Crippen LogP contribution is 2.17. The fourth-order valence-corrected chi connectivity index (χ4v) is 3.88.